The number of benzene rings is 4. The van der Waals surface area contributed by atoms with E-state index in [0.717, 1.165) is 34.0 Å². The molecule has 1 N–H and O–H groups in total. The zero-order valence-corrected chi connectivity index (χ0v) is 24.6. The van der Waals surface area contributed by atoms with Crippen LogP contribution in [0.15, 0.2) is 83.8 Å². The number of piperidine rings is 1. The van der Waals surface area contributed by atoms with E-state index in [0.29, 0.717) is 43.7 Å². The molecule has 6 rings (SSSR count). The Morgan fingerprint density at radius 3 is 2.42 bits per heavy atom. The zero-order chi connectivity index (χ0) is 30.1. The first-order chi connectivity index (χ1) is 20.8. The number of nitrogens with zero attached hydrogens (tertiary/aromatic N) is 2. The number of halogens is 1. The molecule has 2 heterocycles. The van der Waals surface area contributed by atoms with E-state index in [4.69, 9.17) is 4.74 Å². The predicted molar refractivity (Wildman–Crippen MR) is 164 cm³/mol. The van der Waals surface area contributed by atoms with Gasteiger partial charge < -0.3 is 15.0 Å². The van der Waals surface area contributed by atoms with Gasteiger partial charge in [-0.15, -0.1) is 0 Å². The Balaban J connectivity index is 1.25. The van der Waals surface area contributed by atoms with E-state index >= 15 is 0 Å². The highest BCUT2D eigenvalue weighted by Crippen LogP contribution is 2.41. The van der Waals surface area contributed by atoms with Gasteiger partial charge in [0.2, 0.25) is 15.9 Å². The van der Waals surface area contributed by atoms with Crippen molar-refractivity contribution >= 4 is 44.0 Å². The monoisotopic (exact) mass is 601 g/mol. The lowest BCUT2D eigenvalue weighted by molar-refractivity contribution is -0.120. The average Bonchev–Trinajstić information content (AvgIpc) is 3.30. The van der Waals surface area contributed by atoms with Crippen LogP contribution in [0.5, 0.6) is 0 Å². The molecule has 1 atom stereocenters. The minimum Gasteiger partial charge on any atom is -0.385 e. The van der Waals surface area contributed by atoms with Gasteiger partial charge in [-0.05, 0) is 72.9 Å². The molecular formula is C33H32FN3O5S. The average molecular weight is 602 g/mol. The third-order valence-electron chi connectivity index (χ3n) is 8.17. The molecule has 2 amide bonds. The molecule has 2 aliphatic heterocycles. The normalized spacial score (nSPS) is 17.0. The molecule has 0 spiro atoms. The highest BCUT2D eigenvalue weighted by atomic mass is 32.2. The van der Waals surface area contributed by atoms with E-state index in [9.17, 15) is 22.4 Å². The molecule has 222 valence electrons. The fourth-order valence-corrected chi connectivity index (χ4v) is 7.67. The molecule has 43 heavy (non-hydrogen) atoms. The first kappa shape index (κ1) is 29.0. The third-order valence-corrected chi connectivity index (χ3v) is 10.1. The fourth-order valence-electron chi connectivity index (χ4n) is 6.01. The second-order valence-electron chi connectivity index (χ2n) is 10.8. The van der Waals surface area contributed by atoms with Crippen LogP contribution in [0, 0.1) is 5.82 Å². The number of hydrogen-bond donors (Lipinski definition) is 1. The summed E-state index contributed by atoms with van der Waals surface area (Å²) in [7, 11) is -2.35. The highest BCUT2D eigenvalue weighted by molar-refractivity contribution is 7.89. The maximum absolute atomic E-state index is 13.8. The molecule has 4 aromatic rings. The van der Waals surface area contributed by atoms with Crippen molar-refractivity contribution in [3.05, 3.63) is 90.2 Å². The van der Waals surface area contributed by atoms with Gasteiger partial charge in [0.1, 0.15) is 11.9 Å². The molecule has 0 aromatic heterocycles. The van der Waals surface area contributed by atoms with Crippen LogP contribution in [-0.2, 0) is 19.6 Å². The van der Waals surface area contributed by atoms with Gasteiger partial charge in [-0.25, -0.2) is 12.8 Å². The Kier molecular flexibility index (Phi) is 8.00. The molecule has 0 aliphatic carbocycles. The maximum atomic E-state index is 13.8. The summed E-state index contributed by atoms with van der Waals surface area (Å²) in [5.74, 6) is -0.841. The summed E-state index contributed by atoms with van der Waals surface area (Å²) in [6.45, 7) is 1.29. The number of anilines is 2. The van der Waals surface area contributed by atoms with Crippen LogP contribution in [0.1, 0.15) is 36.0 Å². The minimum absolute atomic E-state index is 0.0878. The Labute approximate surface area is 250 Å². The number of rotatable bonds is 9. The lowest BCUT2D eigenvalue weighted by atomic mass is 10.0. The van der Waals surface area contributed by atoms with Gasteiger partial charge in [-0.2, -0.15) is 4.31 Å². The molecule has 2 aliphatic rings. The summed E-state index contributed by atoms with van der Waals surface area (Å²) in [5.41, 5.74) is 3.42. The summed E-state index contributed by atoms with van der Waals surface area (Å²) in [6.07, 6.45) is 2.46. The molecule has 0 bridgehead atoms. The van der Waals surface area contributed by atoms with Crippen molar-refractivity contribution in [3.8, 4) is 11.1 Å². The van der Waals surface area contributed by atoms with Crippen molar-refractivity contribution in [2.75, 3.05) is 37.0 Å². The highest BCUT2D eigenvalue weighted by Gasteiger charge is 2.38. The molecule has 10 heteroatoms. The number of sulfonamides is 1. The minimum atomic E-state index is -3.97. The van der Waals surface area contributed by atoms with Gasteiger partial charge in [0, 0.05) is 48.8 Å². The smallest absolute Gasteiger partial charge is 0.258 e. The number of carbonyl (C=O) groups is 2. The topological polar surface area (TPSA) is 96.0 Å². The Morgan fingerprint density at radius 2 is 1.70 bits per heavy atom. The summed E-state index contributed by atoms with van der Waals surface area (Å²) >= 11 is 0. The van der Waals surface area contributed by atoms with E-state index in [1.54, 1.807) is 54.5 Å². The molecule has 8 nitrogen and oxygen atoms in total. The SMILES string of the molecule is COCCCN1C(=O)c2cccc3c(NC(=O)C4CCCCN4S(=O)(=O)c4ccc(-c5ccc(F)cc5)cc4)ccc1c23. The fraction of sp³-hybridized carbons (Fsp3) is 0.273. The van der Waals surface area contributed by atoms with Gasteiger partial charge in [-0.3, -0.25) is 9.59 Å². The van der Waals surface area contributed by atoms with Crippen LogP contribution in [0.3, 0.4) is 0 Å². The first-order valence-electron chi connectivity index (χ1n) is 14.3. The van der Waals surface area contributed by atoms with Crippen LogP contribution in [0.2, 0.25) is 0 Å². The number of hydrogen-bond acceptors (Lipinski definition) is 5. The summed E-state index contributed by atoms with van der Waals surface area (Å²) < 4.78 is 47.3. The molecule has 1 unspecified atom stereocenters. The van der Waals surface area contributed by atoms with Crippen molar-refractivity contribution in [2.45, 2.75) is 36.6 Å². The summed E-state index contributed by atoms with van der Waals surface area (Å²) in [4.78, 5) is 28.7. The predicted octanol–water partition coefficient (Wildman–Crippen LogP) is 5.82. The van der Waals surface area contributed by atoms with E-state index in [1.165, 1.54) is 28.6 Å². The lowest BCUT2D eigenvalue weighted by Gasteiger charge is -2.33. The maximum Gasteiger partial charge on any atom is 0.258 e. The Bertz CT molecular complexity index is 1790. The first-order valence-corrected chi connectivity index (χ1v) is 15.8. The molecule has 1 fully saturated rings. The summed E-state index contributed by atoms with van der Waals surface area (Å²) in [6, 6.07) is 20.6. The zero-order valence-electron chi connectivity index (χ0n) is 23.8. The Hall–Kier alpha value is -4.12. The van der Waals surface area contributed by atoms with Gasteiger partial charge in [0.05, 0.1) is 10.6 Å². The van der Waals surface area contributed by atoms with Gasteiger partial charge >= 0.3 is 0 Å². The van der Waals surface area contributed by atoms with Crippen LogP contribution in [0.4, 0.5) is 15.8 Å². The van der Waals surface area contributed by atoms with Crippen molar-refractivity contribution in [2.24, 2.45) is 0 Å². The number of carbonyl (C=O) groups excluding carboxylic acids is 2. The number of nitrogens with one attached hydrogen (secondary N) is 1. The summed E-state index contributed by atoms with van der Waals surface area (Å²) in [5, 5.41) is 4.49. The van der Waals surface area contributed by atoms with Crippen LogP contribution in [-0.4, -0.2) is 57.4 Å². The largest absolute Gasteiger partial charge is 0.385 e. The quantitative estimate of drug-likeness (QED) is 0.244. The standard InChI is InChI=1S/C33H32FN3O5S/c1-42-21-5-19-36-29-18-17-28(26-6-4-7-27(31(26)29)33(36)39)35-32(38)30-8-2-3-20-37(30)43(40,41)25-15-11-23(12-16-25)22-9-13-24(34)14-10-22/h4,6-7,9-18,30H,2-3,5,8,19-21H2,1H3,(H,35,38). The van der Waals surface area contributed by atoms with Crippen molar-refractivity contribution in [3.63, 3.8) is 0 Å². The van der Waals surface area contributed by atoms with Gasteiger partial charge in [0.25, 0.3) is 5.91 Å². The number of ether oxygens (including phenoxy) is 1. The van der Waals surface area contributed by atoms with Gasteiger partial charge in [-0.1, -0.05) is 42.8 Å². The van der Waals surface area contributed by atoms with Crippen LogP contribution in [0.25, 0.3) is 21.9 Å². The van der Waals surface area contributed by atoms with Crippen molar-refractivity contribution in [1.82, 2.24) is 4.31 Å². The second-order valence-corrected chi connectivity index (χ2v) is 12.7. The van der Waals surface area contributed by atoms with Crippen LogP contribution < -0.4 is 10.2 Å². The lowest BCUT2D eigenvalue weighted by Crippen LogP contribution is -2.49. The third kappa shape index (κ3) is 5.42. The van der Waals surface area contributed by atoms with E-state index in [1.807, 2.05) is 12.1 Å². The molecule has 0 radical (unpaired) electrons. The van der Waals surface area contributed by atoms with Gasteiger partial charge in [0.15, 0.2) is 0 Å². The molecule has 1 saturated heterocycles. The van der Waals surface area contributed by atoms with Crippen LogP contribution >= 0.6 is 0 Å². The Morgan fingerprint density at radius 1 is 0.977 bits per heavy atom. The molecular weight excluding hydrogens is 569 g/mol. The number of methoxy groups -OCH3 is 1. The van der Waals surface area contributed by atoms with E-state index in [-0.39, 0.29) is 23.2 Å². The molecule has 0 saturated carbocycles. The number of amides is 2. The van der Waals surface area contributed by atoms with Crippen molar-refractivity contribution < 1.29 is 27.1 Å². The molecule has 4 aromatic carbocycles. The van der Waals surface area contributed by atoms with E-state index < -0.39 is 22.0 Å². The van der Waals surface area contributed by atoms with E-state index in [2.05, 4.69) is 5.32 Å². The van der Waals surface area contributed by atoms with Crippen molar-refractivity contribution in [1.29, 1.82) is 0 Å². The second kappa shape index (κ2) is 11.9.